The molecule has 1 unspecified atom stereocenters. The number of esters is 1. The van der Waals surface area contributed by atoms with Crippen molar-refractivity contribution in [2.45, 2.75) is 24.3 Å². The lowest BCUT2D eigenvalue weighted by atomic mass is 10.1. The predicted octanol–water partition coefficient (Wildman–Crippen LogP) is 0.444. The van der Waals surface area contributed by atoms with Crippen molar-refractivity contribution in [2.75, 3.05) is 7.11 Å². The number of hydrogen-bond donors (Lipinski definition) is 1. The highest BCUT2D eigenvalue weighted by Crippen LogP contribution is 2.35. The second kappa shape index (κ2) is 4.25. The monoisotopic (exact) mass is 271 g/mol. The SMILES string of the molecule is COC(=O)c1cc(S(N)(=O)=O)cc2c1OC(C)C2. The average Bonchev–Trinajstić information content (AvgIpc) is 2.65. The standard InChI is InChI=1S/C11H13NO5S/c1-6-3-7-4-8(18(12,14)15)5-9(10(7)17-6)11(13)16-2/h4-6H,3H2,1-2H3,(H2,12,14,15). The number of benzene rings is 1. The van der Waals surface area contributed by atoms with E-state index in [4.69, 9.17) is 9.88 Å². The smallest absolute Gasteiger partial charge is 0.341 e. The van der Waals surface area contributed by atoms with E-state index in [-0.39, 0.29) is 16.6 Å². The first-order chi connectivity index (χ1) is 8.32. The molecule has 0 saturated heterocycles. The van der Waals surface area contributed by atoms with Gasteiger partial charge in [-0.25, -0.2) is 18.4 Å². The third kappa shape index (κ3) is 2.19. The molecule has 1 aliphatic heterocycles. The van der Waals surface area contributed by atoms with Crippen LogP contribution in [0.4, 0.5) is 0 Å². The fourth-order valence-electron chi connectivity index (χ4n) is 1.93. The van der Waals surface area contributed by atoms with Crippen molar-refractivity contribution in [1.29, 1.82) is 0 Å². The van der Waals surface area contributed by atoms with E-state index >= 15 is 0 Å². The van der Waals surface area contributed by atoms with E-state index < -0.39 is 16.0 Å². The molecule has 1 atom stereocenters. The van der Waals surface area contributed by atoms with Gasteiger partial charge in [-0.2, -0.15) is 0 Å². The molecule has 18 heavy (non-hydrogen) atoms. The van der Waals surface area contributed by atoms with Gasteiger partial charge in [0.2, 0.25) is 10.0 Å². The van der Waals surface area contributed by atoms with Crippen LogP contribution in [-0.4, -0.2) is 27.6 Å². The number of primary sulfonamides is 1. The number of ether oxygens (including phenoxy) is 2. The Morgan fingerprint density at radius 2 is 2.17 bits per heavy atom. The van der Waals surface area contributed by atoms with Crippen LogP contribution >= 0.6 is 0 Å². The molecule has 0 radical (unpaired) electrons. The van der Waals surface area contributed by atoms with Crippen LogP contribution in [0.3, 0.4) is 0 Å². The number of hydrogen-bond acceptors (Lipinski definition) is 5. The molecule has 2 rings (SSSR count). The summed E-state index contributed by atoms with van der Waals surface area (Å²) >= 11 is 0. The summed E-state index contributed by atoms with van der Waals surface area (Å²) in [6.07, 6.45) is 0.419. The topological polar surface area (TPSA) is 95.7 Å². The molecule has 0 saturated carbocycles. The summed E-state index contributed by atoms with van der Waals surface area (Å²) in [6, 6.07) is 2.61. The minimum absolute atomic E-state index is 0.0865. The minimum atomic E-state index is -3.87. The van der Waals surface area contributed by atoms with Crippen molar-refractivity contribution in [3.63, 3.8) is 0 Å². The molecule has 2 N–H and O–H groups in total. The van der Waals surface area contributed by atoms with Crippen LogP contribution in [0.2, 0.25) is 0 Å². The highest BCUT2D eigenvalue weighted by atomic mass is 32.2. The number of rotatable bonds is 2. The Labute approximate surface area is 105 Å². The molecular weight excluding hydrogens is 258 g/mol. The zero-order chi connectivity index (χ0) is 13.5. The van der Waals surface area contributed by atoms with E-state index in [1.807, 2.05) is 6.92 Å². The maximum absolute atomic E-state index is 11.6. The Bertz CT molecular complexity index is 608. The minimum Gasteiger partial charge on any atom is -0.489 e. The molecule has 6 nitrogen and oxygen atoms in total. The maximum atomic E-state index is 11.6. The summed E-state index contributed by atoms with van der Waals surface area (Å²) in [5.41, 5.74) is 0.734. The number of fused-ring (bicyclic) bond motifs is 1. The van der Waals surface area contributed by atoms with Gasteiger partial charge in [-0.05, 0) is 19.1 Å². The molecule has 0 aliphatic carbocycles. The summed E-state index contributed by atoms with van der Waals surface area (Å²) in [5.74, 6) is -0.271. The Hall–Kier alpha value is -1.60. The van der Waals surface area contributed by atoms with Crippen LogP contribution in [0.1, 0.15) is 22.8 Å². The Kier molecular flexibility index (Phi) is 3.04. The summed E-state index contributed by atoms with van der Waals surface area (Å²) in [7, 11) is -2.65. The lowest BCUT2D eigenvalue weighted by Crippen LogP contribution is -2.14. The van der Waals surface area contributed by atoms with Gasteiger partial charge in [0.1, 0.15) is 17.4 Å². The molecule has 0 fully saturated rings. The zero-order valence-corrected chi connectivity index (χ0v) is 10.8. The van der Waals surface area contributed by atoms with E-state index in [2.05, 4.69) is 4.74 Å². The predicted molar refractivity (Wildman–Crippen MR) is 62.9 cm³/mol. The van der Waals surface area contributed by atoms with Crippen LogP contribution in [-0.2, 0) is 21.2 Å². The van der Waals surface area contributed by atoms with Gasteiger partial charge in [-0.3, -0.25) is 0 Å². The molecule has 0 aromatic heterocycles. The fourth-order valence-corrected chi connectivity index (χ4v) is 2.52. The summed E-state index contributed by atoms with van der Waals surface area (Å²) in [6.45, 7) is 1.83. The quantitative estimate of drug-likeness (QED) is 0.787. The zero-order valence-electron chi connectivity index (χ0n) is 9.97. The molecule has 0 spiro atoms. The van der Waals surface area contributed by atoms with Gasteiger partial charge < -0.3 is 9.47 Å². The highest BCUT2D eigenvalue weighted by Gasteiger charge is 2.28. The molecule has 1 heterocycles. The Morgan fingerprint density at radius 1 is 1.50 bits per heavy atom. The summed E-state index contributed by atoms with van der Waals surface area (Å²) in [5, 5.41) is 5.08. The van der Waals surface area contributed by atoms with Crippen molar-refractivity contribution >= 4 is 16.0 Å². The Morgan fingerprint density at radius 3 is 2.72 bits per heavy atom. The summed E-state index contributed by atoms with van der Waals surface area (Å²) in [4.78, 5) is 11.5. The molecule has 0 amide bonds. The van der Waals surface area contributed by atoms with Gasteiger partial charge in [0.25, 0.3) is 0 Å². The lowest BCUT2D eigenvalue weighted by molar-refractivity contribution is 0.0595. The van der Waals surface area contributed by atoms with Gasteiger partial charge in [0, 0.05) is 12.0 Å². The van der Waals surface area contributed by atoms with Crippen LogP contribution in [0.25, 0.3) is 0 Å². The molecule has 0 bridgehead atoms. The van der Waals surface area contributed by atoms with Crippen LogP contribution in [0.15, 0.2) is 17.0 Å². The third-order valence-electron chi connectivity index (χ3n) is 2.70. The average molecular weight is 271 g/mol. The van der Waals surface area contributed by atoms with E-state index in [1.165, 1.54) is 19.2 Å². The first kappa shape index (κ1) is 12.8. The molecule has 1 aromatic carbocycles. The highest BCUT2D eigenvalue weighted by molar-refractivity contribution is 7.89. The molecule has 98 valence electrons. The number of carbonyl (C=O) groups excluding carboxylic acids is 1. The molecule has 7 heteroatoms. The molecule has 1 aliphatic rings. The van der Waals surface area contributed by atoms with Gasteiger partial charge in [-0.15, -0.1) is 0 Å². The molecular formula is C11H13NO5S. The van der Waals surface area contributed by atoms with Crippen molar-refractivity contribution in [3.8, 4) is 5.75 Å². The van der Waals surface area contributed by atoms with Crippen LogP contribution < -0.4 is 9.88 Å². The molecule has 1 aromatic rings. The van der Waals surface area contributed by atoms with Crippen molar-refractivity contribution < 1.29 is 22.7 Å². The second-order valence-electron chi connectivity index (χ2n) is 4.13. The van der Waals surface area contributed by atoms with E-state index in [9.17, 15) is 13.2 Å². The van der Waals surface area contributed by atoms with Crippen LogP contribution in [0, 0.1) is 0 Å². The first-order valence-electron chi connectivity index (χ1n) is 5.27. The summed E-state index contributed by atoms with van der Waals surface area (Å²) < 4.78 is 32.8. The van der Waals surface area contributed by atoms with Crippen LogP contribution in [0.5, 0.6) is 5.75 Å². The number of carbonyl (C=O) groups is 1. The number of sulfonamides is 1. The van der Waals surface area contributed by atoms with E-state index in [0.717, 1.165) is 0 Å². The number of nitrogens with two attached hydrogens (primary N) is 1. The fraction of sp³-hybridized carbons (Fsp3) is 0.364. The van der Waals surface area contributed by atoms with Crippen molar-refractivity contribution in [2.24, 2.45) is 5.14 Å². The third-order valence-corrected chi connectivity index (χ3v) is 3.59. The largest absolute Gasteiger partial charge is 0.489 e. The Balaban J connectivity index is 2.65. The number of methoxy groups -OCH3 is 1. The van der Waals surface area contributed by atoms with Gasteiger partial charge in [-0.1, -0.05) is 0 Å². The lowest BCUT2D eigenvalue weighted by Gasteiger charge is -2.09. The van der Waals surface area contributed by atoms with E-state index in [1.54, 1.807) is 0 Å². The maximum Gasteiger partial charge on any atom is 0.341 e. The normalized spacial score (nSPS) is 18.1. The van der Waals surface area contributed by atoms with Crippen molar-refractivity contribution in [1.82, 2.24) is 0 Å². The van der Waals surface area contributed by atoms with Crippen molar-refractivity contribution in [3.05, 3.63) is 23.3 Å². The van der Waals surface area contributed by atoms with Gasteiger partial charge >= 0.3 is 5.97 Å². The first-order valence-corrected chi connectivity index (χ1v) is 6.82. The second-order valence-corrected chi connectivity index (χ2v) is 5.69. The van der Waals surface area contributed by atoms with Gasteiger partial charge in [0.05, 0.1) is 12.0 Å². The van der Waals surface area contributed by atoms with E-state index in [0.29, 0.717) is 17.7 Å². The van der Waals surface area contributed by atoms with Gasteiger partial charge in [0.15, 0.2) is 0 Å².